The molecule has 1 N–H and O–H groups in total. The molecule has 3 aromatic carbocycles. The van der Waals surface area contributed by atoms with Crippen LogP contribution in [0.5, 0.6) is 28.7 Å². The molecule has 0 atom stereocenters. The number of hydrogen-bond acceptors (Lipinski definition) is 8. The lowest BCUT2D eigenvalue weighted by molar-refractivity contribution is 0.0728. The van der Waals surface area contributed by atoms with Gasteiger partial charge in [0.25, 0.3) is 5.91 Å². The number of nitrogens with one attached hydrogen (secondary N) is 1. The lowest BCUT2D eigenvalue weighted by atomic mass is 10.2. The van der Waals surface area contributed by atoms with Crippen LogP contribution in [0.2, 0.25) is 0 Å². The van der Waals surface area contributed by atoms with Gasteiger partial charge in [0, 0.05) is 5.56 Å². The van der Waals surface area contributed by atoms with Crippen molar-refractivity contribution in [3.05, 3.63) is 77.4 Å². The number of hydrazone groups is 1. The van der Waals surface area contributed by atoms with Gasteiger partial charge in [0.2, 0.25) is 6.79 Å². The lowest BCUT2D eigenvalue weighted by Gasteiger charge is -2.11. The second-order valence-electron chi connectivity index (χ2n) is 7.02. The van der Waals surface area contributed by atoms with Gasteiger partial charge in [-0.1, -0.05) is 0 Å². The minimum Gasteiger partial charge on any atom is -0.497 e. The largest absolute Gasteiger partial charge is 0.497 e. The summed E-state index contributed by atoms with van der Waals surface area (Å²) >= 11 is 0. The van der Waals surface area contributed by atoms with E-state index in [2.05, 4.69) is 10.5 Å². The number of hydrogen-bond donors (Lipinski definition) is 1. The summed E-state index contributed by atoms with van der Waals surface area (Å²) in [6.45, 7) is 2.32. The van der Waals surface area contributed by atoms with Gasteiger partial charge in [0.05, 0.1) is 25.5 Å². The van der Waals surface area contributed by atoms with Crippen LogP contribution in [0.4, 0.5) is 0 Å². The fraction of sp³-hybridized carbons (Fsp3) is 0.160. The molecule has 0 bridgehead atoms. The van der Waals surface area contributed by atoms with Crippen LogP contribution in [0.25, 0.3) is 0 Å². The highest BCUT2D eigenvalue weighted by atomic mass is 16.7. The Morgan fingerprint density at radius 3 is 2.50 bits per heavy atom. The number of ether oxygens (including phenoxy) is 5. The Hall–Kier alpha value is -4.53. The van der Waals surface area contributed by atoms with E-state index in [9.17, 15) is 9.59 Å². The topological polar surface area (TPSA) is 105 Å². The zero-order chi connectivity index (χ0) is 23.9. The summed E-state index contributed by atoms with van der Waals surface area (Å²) in [5, 5.41) is 4.00. The molecule has 0 radical (unpaired) electrons. The van der Waals surface area contributed by atoms with E-state index in [1.165, 1.54) is 6.21 Å². The molecule has 0 aliphatic carbocycles. The van der Waals surface area contributed by atoms with Gasteiger partial charge in [0.15, 0.2) is 23.0 Å². The van der Waals surface area contributed by atoms with Gasteiger partial charge in [0.1, 0.15) is 5.75 Å². The first-order chi connectivity index (χ1) is 16.6. The SMILES string of the molecule is CCOc1cc(C=NNC(=O)c2ccc3c(c2)OCO3)ccc1OC(=O)c1ccc(OC)cc1. The molecular weight excluding hydrogens is 440 g/mol. The minimum atomic E-state index is -0.527. The van der Waals surface area contributed by atoms with Crippen LogP contribution in [0.15, 0.2) is 65.8 Å². The Bertz CT molecular complexity index is 1220. The lowest BCUT2D eigenvalue weighted by Crippen LogP contribution is -2.17. The highest BCUT2D eigenvalue weighted by Gasteiger charge is 2.16. The van der Waals surface area contributed by atoms with E-state index >= 15 is 0 Å². The van der Waals surface area contributed by atoms with Gasteiger partial charge in [-0.05, 0) is 73.2 Å². The van der Waals surface area contributed by atoms with Gasteiger partial charge in [-0.25, -0.2) is 10.2 Å². The quantitative estimate of drug-likeness (QED) is 0.235. The first-order valence-electron chi connectivity index (χ1n) is 10.4. The van der Waals surface area contributed by atoms with Crippen molar-refractivity contribution in [1.82, 2.24) is 5.43 Å². The smallest absolute Gasteiger partial charge is 0.343 e. The normalized spacial score (nSPS) is 11.8. The fourth-order valence-corrected chi connectivity index (χ4v) is 3.11. The fourth-order valence-electron chi connectivity index (χ4n) is 3.11. The van der Waals surface area contributed by atoms with Crippen LogP contribution < -0.4 is 29.1 Å². The van der Waals surface area contributed by atoms with Gasteiger partial charge in [-0.15, -0.1) is 0 Å². The molecule has 0 fully saturated rings. The number of esters is 1. The van der Waals surface area contributed by atoms with Gasteiger partial charge in [-0.3, -0.25) is 4.79 Å². The van der Waals surface area contributed by atoms with Gasteiger partial charge < -0.3 is 23.7 Å². The molecule has 1 amide bonds. The van der Waals surface area contributed by atoms with Crippen molar-refractivity contribution in [2.45, 2.75) is 6.92 Å². The number of carbonyl (C=O) groups is 2. The molecule has 9 heteroatoms. The second-order valence-corrected chi connectivity index (χ2v) is 7.02. The maximum Gasteiger partial charge on any atom is 0.343 e. The summed E-state index contributed by atoms with van der Waals surface area (Å²) in [6, 6.07) is 16.4. The van der Waals surface area contributed by atoms with Crippen molar-refractivity contribution >= 4 is 18.1 Å². The van der Waals surface area contributed by atoms with Crippen LogP contribution in [-0.2, 0) is 0 Å². The van der Waals surface area contributed by atoms with Crippen molar-refractivity contribution in [2.75, 3.05) is 20.5 Å². The predicted molar refractivity (Wildman–Crippen MR) is 123 cm³/mol. The van der Waals surface area contributed by atoms with E-state index in [-0.39, 0.29) is 12.5 Å². The molecule has 4 rings (SSSR count). The monoisotopic (exact) mass is 462 g/mol. The van der Waals surface area contributed by atoms with Crippen molar-refractivity contribution < 1.29 is 33.3 Å². The van der Waals surface area contributed by atoms with E-state index in [1.54, 1.807) is 67.8 Å². The predicted octanol–water partition coefficient (Wildman–Crippen LogP) is 3.81. The molecule has 0 saturated heterocycles. The third-order valence-electron chi connectivity index (χ3n) is 4.81. The Morgan fingerprint density at radius 1 is 0.971 bits per heavy atom. The van der Waals surface area contributed by atoms with E-state index in [0.29, 0.717) is 46.3 Å². The number of rotatable bonds is 8. The summed E-state index contributed by atoms with van der Waals surface area (Å²) in [4.78, 5) is 24.8. The third kappa shape index (κ3) is 5.26. The Labute approximate surface area is 195 Å². The van der Waals surface area contributed by atoms with Crippen molar-refractivity contribution in [2.24, 2.45) is 5.10 Å². The van der Waals surface area contributed by atoms with Crippen LogP contribution in [0, 0.1) is 0 Å². The maximum absolute atomic E-state index is 12.5. The second kappa shape index (κ2) is 10.4. The van der Waals surface area contributed by atoms with Gasteiger partial charge >= 0.3 is 5.97 Å². The molecule has 9 nitrogen and oxygen atoms in total. The summed E-state index contributed by atoms with van der Waals surface area (Å²) in [6.07, 6.45) is 1.46. The Balaban J connectivity index is 1.42. The Kier molecular flexibility index (Phi) is 6.92. The van der Waals surface area contributed by atoms with Crippen LogP contribution in [-0.4, -0.2) is 38.6 Å². The summed E-state index contributed by atoms with van der Waals surface area (Å²) in [7, 11) is 1.55. The molecule has 1 aliphatic rings. The number of carbonyl (C=O) groups excluding carboxylic acids is 2. The van der Waals surface area contributed by atoms with Crippen molar-refractivity contribution in [1.29, 1.82) is 0 Å². The molecule has 0 spiro atoms. The van der Waals surface area contributed by atoms with E-state index in [1.807, 2.05) is 6.92 Å². The molecule has 34 heavy (non-hydrogen) atoms. The summed E-state index contributed by atoms with van der Waals surface area (Å²) in [5.41, 5.74) is 3.86. The molecule has 1 aliphatic heterocycles. The highest BCUT2D eigenvalue weighted by molar-refractivity contribution is 5.95. The third-order valence-corrected chi connectivity index (χ3v) is 4.81. The molecule has 0 unspecified atom stereocenters. The zero-order valence-corrected chi connectivity index (χ0v) is 18.6. The van der Waals surface area contributed by atoms with Gasteiger partial charge in [-0.2, -0.15) is 5.10 Å². The standard InChI is InChI=1S/C25H22N2O7/c1-3-31-22-12-16(4-10-21(22)34-25(29)17-5-8-19(30-2)9-6-17)14-26-27-24(28)18-7-11-20-23(13-18)33-15-32-20/h4-14H,3,15H2,1-2H3,(H,27,28). The average Bonchev–Trinajstić information content (AvgIpc) is 3.33. The number of benzene rings is 3. The molecule has 0 saturated carbocycles. The van der Waals surface area contributed by atoms with Crippen LogP contribution in [0.1, 0.15) is 33.2 Å². The maximum atomic E-state index is 12.5. The molecule has 1 heterocycles. The molecule has 3 aromatic rings. The van der Waals surface area contributed by atoms with Crippen LogP contribution >= 0.6 is 0 Å². The number of fused-ring (bicyclic) bond motifs is 1. The summed E-state index contributed by atoms with van der Waals surface area (Å²) in [5.74, 6) is 1.46. The molecular formula is C25H22N2O7. The van der Waals surface area contributed by atoms with E-state index in [4.69, 9.17) is 23.7 Å². The first-order valence-corrected chi connectivity index (χ1v) is 10.4. The Morgan fingerprint density at radius 2 is 1.74 bits per heavy atom. The number of methoxy groups -OCH3 is 1. The molecule has 0 aromatic heterocycles. The minimum absolute atomic E-state index is 0.131. The van der Waals surface area contributed by atoms with E-state index < -0.39 is 11.9 Å². The van der Waals surface area contributed by atoms with E-state index in [0.717, 1.165) is 0 Å². The van der Waals surface area contributed by atoms with Crippen molar-refractivity contribution in [3.8, 4) is 28.7 Å². The highest BCUT2D eigenvalue weighted by Crippen LogP contribution is 2.32. The van der Waals surface area contributed by atoms with Crippen molar-refractivity contribution in [3.63, 3.8) is 0 Å². The first kappa shape index (κ1) is 22.7. The molecule has 174 valence electrons. The summed E-state index contributed by atoms with van der Waals surface area (Å²) < 4.78 is 26.7. The number of amides is 1. The van der Waals surface area contributed by atoms with Crippen LogP contribution in [0.3, 0.4) is 0 Å². The number of nitrogens with zero attached hydrogens (tertiary/aromatic N) is 1. The zero-order valence-electron chi connectivity index (χ0n) is 18.6. The average molecular weight is 462 g/mol.